The molecule has 0 aliphatic heterocycles. The first-order valence-electron chi connectivity index (χ1n) is 31.0. The molecule has 0 radical (unpaired) electrons. The molecule has 2 unspecified atom stereocenters. The molecule has 1 amide bonds. The van der Waals surface area contributed by atoms with E-state index in [4.69, 9.17) is 4.74 Å². The maximum absolute atomic E-state index is 12.4. The predicted molar refractivity (Wildman–Crippen MR) is 297 cm³/mol. The molecule has 0 rings (SSSR count). The summed E-state index contributed by atoms with van der Waals surface area (Å²) < 4.78 is 5.50. The molecular weight excluding hydrogens is 839 g/mol. The Kier molecular flexibility index (Phi) is 57.0. The fourth-order valence-electron chi connectivity index (χ4n) is 9.81. The maximum atomic E-state index is 12.4. The first-order chi connectivity index (χ1) is 33.5. The van der Waals surface area contributed by atoms with Crippen molar-refractivity contribution in [1.82, 2.24) is 5.32 Å². The first kappa shape index (κ1) is 66.6. The molecule has 3 N–H and O–H groups in total. The highest BCUT2D eigenvalue weighted by atomic mass is 16.5. The van der Waals surface area contributed by atoms with Crippen LogP contribution < -0.4 is 5.32 Å². The molecule has 0 bridgehead atoms. The van der Waals surface area contributed by atoms with Crippen molar-refractivity contribution in [3.63, 3.8) is 0 Å². The molecule has 0 aliphatic rings. The SMILES string of the molecule is CCCCCCCCCCC/C=C/C(O)C(CO)NC(=O)CCCCCCCCCCCCCCCCCCCCCCCCCOC(=O)CCCCCCCCCCCCCCCCCCC. The van der Waals surface area contributed by atoms with Crippen molar-refractivity contribution in [1.29, 1.82) is 0 Å². The molecule has 6 nitrogen and oxygen atoms in total. The van der Waals surface area contributed by atoms with E-state index in [-0.39, 0.29) is 18.5 Å². The highest BCUT2D eigenvalue weighted by Gasteiger charge is 2.18. The summed E-state index contributed by atoms with van der Waals surface area (Å²) in [7, 11) is 0. The van der Waals surface area contributed by atoms with Gasteiger partial charge in [0.1, 0.15) is 0 Å². The van der Waals surface area contributed by atoms with Gasteiger partial charge in [0, 0.05) is 12.8 Å². The van der Waals surface area contributed by atoms with Crippen LogP contribution >= 0.6 is 0 Å². The summed E-state index contributed by atoms with van der Waals surface area (Å²) in [5.74, 6) is -0.0489. The van der Waals surface area contributed by atoms with Crippen LogP contribution in [0.4, 0.5) is 0 Å². The van der Waals surface area contributed by atoms with Crippen molar-refractivity contribution in [3.05, 3.63) is 12.2 Å². The van der Waals surface area contributed by atoms with Crippen molar-refractivity contribution in [2.75, 3.05) is 13.2 Å². The van der Waals surface area contributed by atoms with E-state index in [9.17, 15) is 19.8 Å². The number of unbranched alkanes of at least 4 members (excludes halogenated alkanes) is 47. The summed E-state index contributed by atoms with van der Waals surface area (Å²) in [6, 6.07) is -0.625. The second-order valence-corrected chi connectivity index (χ2v) is 21.4. The highest BCUT2D eigenvalue weighted by molar-refractivity contribution is 5.76. The summed E-state index contributed by atoms with van der Waals surface area (Å²) in [5, 5.41) is 23.0. The van der Waals surface area contributed by atoms with Crippen molar-refractivity contribution < 1.29 is 24.5 Å². The van der Waals surface area contributed by atoms with Crippen molar-refractivity contribution in [3.8, 4) is 0 Å². The number of rotatable bonds is 58. The number of amides is 1. The van der Waals surface area contributed by atoms with E-state index < -0.39 is 12.1 Å². The summed E-state index contributed by atoms with van der Waals surface area (Å²) in [4.78, 5) is 24.5. The second-order valence-electron chi connectivity index (χ2n) is 21.4. The van der Waals surface area contributed by atoms with Crippen LogP contribution in [0.5, 0.6) is 0 Å². The second kappa shape index (κ2) is 58.2. The lowest BCUT2D eigenvalue weighted by molar-refractivity contribution is -0.143. The van der Waals surface area contributed by atoms with E-state index >= 15 is 0 Å². The molecule has 0 saturated heterocycles. The third-order valence-electron chi connectivity index (χ3n) is 14.6. The number of allylic oxidation sites excluding steroid dienone is 1. The zero-order valence-electron chi connectivity index (χ0n) is 46.1. The minimum absolute atomic E-state index is 0.0183. The van der Waals surface area contributed by atoms with E-state index in [1.165, 1.54) is 283 Å². The molecule has 404 valence electrons. The van der Waals surface area contributed by atoms with E-state index in [1.807, 2.05) is 6.08 Å². The van der Waals surface area contributed by atoms with Crippen LogP contribution in [-0.4, -0.2) is 47.4 Å². The van der Waals surface area contributed by atoms with Gasteiger partial charge in [-0.2, -0.15) is 0 Å². The smallest absolute Gasteiger partial charge is 0.305 e. The number of hydrogen-bond donors (Lipinski definition) is 3. The fourth-order valence-corrected chi connectivity index (χ4v) is 9.81. The van der Waals surface area contributed by atoms with Crippen LogP contribution in [0.2, 0.25) is 0 Å². The van der Waals surface area contributed by atoms with Crippen LogP contribution in [0.15, 0.2) is 12.2 Å². The maximum Gasteiger partial charge on any atom is 0.305 e. The number of hydrogen-bond acceptors (Lipinski definition) is 5. The van der Waals surface area contributed by atoms with Gasteiger partial charge in [0.05, 0.1) is 25.4 Å². The van der Waals surface area contributed by atoms with Crippen molar-refractivity contribution in [2.45, 2.75) is 360 Å². The lowest BCUT2D eigenvalue weighted by Crippen LogP contribution is -2.45. The number of nitrogens with one attached hydrogen (secondary N) is 1. The predicted octanol–water partition coefficient (Wildman–Crippen LogP) is 19.2. The number of aliphatic hydroxyl groups is 2. The van der Waals surface area contributed by atoms with Gasteiger partial charge in [0.15, 0.2) is 0 Å². The number of aliphatic hydroxyl groups excluding tert-OH is 2. The monoisotopic (exact) mass is 960 g/mol. The zero-order chi connectivity index (χ0) is 49.3. The fraction of sp³-hybridized carbons (Fsp3) is 0.935. The lowest BCUT2D eigenvalue weighted by atomic mass is 10.0. The van der Waals surface area contributed by atoms with Crippen LogP contribution in [0.25, 0.3) is 0 Å². The average Bonchev–Trinajstić information content (AvgIpc) is 3.34. The van der Waals surface area contributed by atoms with E-state index in [0.717, 1.165) is 38.5 Å². The lowest BCUT2D eigenvalue weighted by Gasteiger charge is -2.20. The van der Waals surface area contributed by atoms with Crippen LogP contribution in [0.3, 0.4) is 0 Å². The Hall–Kier alpha value is -1.40. The third kappa shape index (κ3) is 53.9. The molecule has 6 heteroatoms. The van der Waals surface area contributed by atoms with Gasteiger partial charge in [0.2, 0.25) is 5.91 Å². The van der Waals surface area contributed by atoms with Crippen LogP contribution in [0.1, 0.15) is 348 Å². The summed E-state index contributed by atoms with van der Waals surface area (Å²) >= 11 is 0. The van der Waals surface area contributed by atoms with Gasteiger partial charge in [-0.15, -0.1) is 0 Å². The molecule has 0 spiro atoms. The summed E-state index contributed by atoms with van der Waals surface area (Å²) in [6.07, 6.45) is 69.7. The normalized spacial score (nSPS) is 12.6. The zero-order valence-corrected chi connectivity index (χ0v) is 46.1. The van der Waals surface area contributed by atoms with Gasteiger partial charge in [-0.25, -0.2) is 0 Å². The quantitative estimate of drug-likeness (QED) is 0.0321. The Morgan fingerprint density at radius 1 is 0.397 bits per heavy atom. The first-order valence-corrected chi connectivity index (χ1v) is 31.0. The number of carbonyl (C=O) groups excluding carboxylic acids is 2. The minimum atomic E-state index is -0.841. The molecule has 2 atom stereocenters. The van der Waals surface area contributed by atoms with Crippen molar-refractivity contribution in [2.24, 2.45) is 0 Å². The number of carbonyl (C=O) groups is 2. The molecule has 0 aliphatic carbocycles. The topological polar surface area (TPSA) is 95.9 Å². The van der Waals surface area contributed by atoms with Gasteiger partial charge in [0.25, 0.3) is 0 Å². The standard InChI is InChI=1S/C62H121NO5/c1-3-5-7-9-11-13-15-16-17-25-29-32-36-40-44-48-52-56-62(67)68-57-53-49-45-41-37-33-30-27-24-22-20-18-19-21-23-26-28-31-35-39-43-47-51-55-61(66)63-59(58-64)60(65)54-50-46-42-38-34-14-12-10-8-6-4-2/h50,54,59-60,64-65H,3-49,51-53,55-58H2,1-2H3,(H,63,66)/b54-50+. The number of ether oxygens (including phenoxy) is 1. The number of esters is 1. The summed E-state index contributed by atoms with van der Waals surface area (Å²) in [6.45, 7) is 4.92. The van der Waals surface area contributed by atoms with Crippen LogP contribution in [-0.2, 0) is 14.3 Å². The van der Waals surface area contributed by atoms with Crippen molar-refractivity contribution >= 4 is 11.9 Å². The van der Waals surface area contributed by atoms with Gasteiger partial charge in [-0.05, 0) is 32.1 Å². The molecule has 0 aromatic carbocycles. The van der Waals surface area contributed by atoms with Gasteiger partial charge in [-0.3, -0.25) is 9.59 Å². The minimum Gasteiger partial charge on any atom is -0.466 e. The molecule has 0 heterocycles. The van der Waals surface area contributed by atoms with Gasteiger partial charge >= 0.3 is 5.97 Å². The largest absolute Gasteiger partial charge is 0.466 e. The van der Waals surface area contributed by atoms with E-state index in [1.54, 1.807) is 6.08 Å². The average molecular weight is 961 g/mol. The highest BCUT2D eigenvalue weighted by Crippen LogP contribution is 2.18. The molecular formula is C62H121NO5. The third-order valence-corrected chi connectivity index (χ3v) is 14.6. The summed E-state index contributed by atoms with van der Waals surface area (Å²) in [5.41, 5.74) is 0. The molecule has 68 heavy (non-hydrogen) atoms. The Bertz CT molecular complexity index is 1020. The Morgan fingerprint density at radius 3 is 1.00 bits per heavy atom. The van der Waals surface area contributed by atoms with E-state index in [0.29, 0.717) is 19.4 Å². The van der Waals surface area contributed by atoms with E-state index in [2.05, 4.69) is 19.2 Å². The molecule has 0 aromatic heterocycles. The molecule has 0 aromatic rings. The molecule has 0 fully saturated rings. The van der Waals surface area contributed by atoms with Crippen LogP contribution in [0, 0.1) is 0 Å². The Balaban J connectivity index is 3.34. The molecule has 0 saturated carbocycles. The Morgan fingerprint density at radius 2 is 0.676 bits per heavy atom. The Labute approximate surface area is 425 Å². The van der Waals surface area contributed by atoms with Gasteiger partial charge in [-0.1, -0.05) is 315 Å². The van der Waals surface area contributed by atoms with Gasteiger partial charge < -0.3 is 20.3 Å².